The van der Waals surface area contributed by atoms with Gasteiger partial charge in [0.25, 0.3) is 0 Å². The van der Waals surface area contributed by atoms with Gasteiger partial charge in [-0.25, -0.2) is 4.79 Å². The minimum atomic E-state index is -0.393. The van der Waals surface area contributed by atoms with Gasteiger partial charge in [-0.05, 0) is 6.42 Å². The smallest absolute Gasteiger partial charge is 0.330 e. The van der Waals surface area contributed by atoms with Crippen molar-refractivity contribution in [3.63, 3.8) is 0 Å². The summed E-state index contributed by atoms with van der Waals surface area (Å²) in [5.74, 6) is -0.393. The molecule has 0 rings (SSSR count). The minimum absolute atomic E-state index is 0.0763. The zero-order chi connectivity index (χ0) is 7.82. The van der Waals surface area contributed by atoms with Gasteiger partial charge in [-0.2, -0.15) is 0 Å². The number of ether oxygens (including phenoxy) is 1. The summed E-state index contributed by atoms with van der Waals surface area (Å²) in [6.45, 7) is 1.88. The van der Waals surface area contributed by atoms with E-state index in [1.807, 2.05) is 6.92 Å². The molecule has 0 saturated carbocycles. The number of aliphatic hydroxyl groups excluding tert-OH is 1. The Kier molecular flexibility index (Phi) is 5.77. The van der Waals surface area contributed by atoms with Gasteiger partial charge < -0.3 is 9.84 Å². The number of allylic oxidation sites excluding steroid dienone is 1. The predicted octanol–water partition coefficient (Wildman–Crippen LogP) is 0.488. The van der Waals surface area contributed by atoms with Crippen LogP contribution >= 0.6 is 0 Å². The van der Waals surface area contributed by atoms with E-state index in [9.17, 15) is 4.79 Å². The normalized spacial score (nSPS) is 10.2. The Morgan fingerprint density at radius 1 is 1.70 bits per heavy atom. The van der Waals surface area contributed by atoms with Crippen molar-refractivity contribution in [1.82, 2.24) is 0 Å². The SMILES string of the molecule is CC/C=C/C(=O)OCCO. The Morgan fingerprint density at radius 3 is 2.90 bits per heavy atom. The summed E-state index contributed by atoms with van der Waals surface area (Å²) >= 11 is 0. The third kappa shape index (κ3) is 5.31. The fourth-order valence-electron chi connectivity index (χ4n) is 0.408. The summed E-state index contributed by atoms with van der Waals surface area (Å²) < 4.78 is 4.52. The highest BCUT2D eigenvalue weighted by Crippen LogP contribution is 1.83. The molecule has 0 amide bonds. The van der Waals surface area contributed by atoms with E-state index < -0.39 is 5.97 Å². The van der Waals surface area contributed by atoms with Crippen LogP contribution in [0.3, 0.4) is 0 Å². The van der Waals surface area contributed by atoms with Gasteiger partial charge in [-0.1, -0.05) is 13.0 Å². The first kappa shape index (κ1) is 9.17. The van der Waals surface area contributed by atoms with Gasteiger partial charge in [-0.3, -0.25) is 0 Å². The van der Waals surface area contributed by atoms with E-state index in [4.69, 9.17) is 5.11 Å². The number of esters is 1. The monoisotopic (exact) mass is 144 g/mol. The van der Waals surface area contributed by atoms with Crippen LogP contribution in [-0.4, -0.2) is 24.3 Å². The molecule has 0 spiro atoms. The Labute approximate surface area is 60.3 Å². The molecule has 0 heterocycles. The van der Waals surface area contributed by atoms with Crippen molar-refractivity contribution < 1.29 is 14.6 Å². The molecule has 0 fully saturated rings. The van der Waals surface area contributed by atoms with Gasteiger partial charge in [-0.15, -0.1) is 0 Å². The van der Waals surface area contributed by atoms with E-state index in [0.717, 1.165) is 6.42 Å². The lowest BCUT2D eigenvalue weighted by Gasteiger charge is -1.95. The van der Waals surface area contributed by atoms with Crippen molar-refractivity contribution in [1.29, 1.82) is 0 Å². The Hall–Kier alpha value is -0.830. The highest BCUT2D eigenvalue weighted by atomic mass is 16.5. The number of hydrogen-bond donors (Lipinski definition) is 1. The lowest BCUT2D eigenvalue weighted by molar-refractivity contribution is -0.138. The van der Waals surface area contributed by atoms with Crippen molar-refractivity contribution in [3.8, 4) is 0 Å². The molecule has 0 unspecified atom stereocenters. The lowest BCUT2D eigenvalue weighted by Crippen LogP contribution is -2.04. The van der Waals surface area contributed by atoms with Crippen LogP contribution < -0.4 is 0 Å². The third-order valence-corrected chi connectivity index (χ3v) is 0.825. The molecule has 0 aliphatic heterocycles. The standard InChI is InChI=1S/C7H12O3/c1-2-3-4-7(9)10-6-5-8/h3-4,8H,2,5-6H2,1H3/b4-3+. The first-order chi connectivity index (χ1) is 4.81. The molecule has 0 aromatic carbocycles. The molecule has 0 aliphatic rings. The van der Waals surface area contributed by atoms with Crippen LogP contribution in [0.4, 0.5) is 0 Å². The summed E-state index contributed by atoms with van der Waals surface area (Å²) in [7, 11) is 0. The number of carbonyl (C=O) groups excluding carboxylic acids is 1. The summed E-state index contributed by atoms with van der Waals surface area (Å²) in [6, 6.07) is 0. The van der Waals surface area contributed by atoms with Gasteiger partial charge in [0, 0.05) is 6.08 Å². The Morgan fingerprint density at radius 2 is 2.40 bits per heavy atom. The average Bonchev–Trinajstić information content (AvgIpc) is 1.97. The van der Waals surface area contributed by atoms with Crippen LogP contribution in [0.1, 0.15) is 13.3 Å². The fourth-order valence-corrected chi connectivity index (χ4v) is 0.408. The molecule has 3 nitrogen and oxygen atoms in total. The molecule has 0 saturated heterocycles. The number of carbonyl (C=O) groups is 1. The molecule has 0 aromatic heterocycles. The van der Waals surface area contributed by atoms with E-state index in [0.29, 0.717) is 0 Å². The maximum atomic E-state index is 10.5. The van der Waals surface area contributed by atoms with Crippen LogP contribution in [0.2, 0.25) is 0 Å². The topological polar surface area (TPSA) is 46.5 Å². The van der Waals surface area contributed by atoms with Crippen LogP contribution in [0.15, 0.2) is 12.2 Å². The molecule has 3 heteroatoms. The van der Waals surface area contributed by atoms with Crippen molar-refractivity contribution in [2.75, 3.05) is 13.2 Å². The van der Waals surface area contributed by atoms with E-state index in [1.54, 1.807) is 6.08 Å². The summed E-state index contributed by atoms with van der Waals surface area (Å²) in [4.78, 5) is 10.5. The van der Waals surface area contributed by atoms with Crippen LogP contribution in [0, 0.1) is 0 Å². The van der Waals surface area contributed by atoms with Gasteiger partial charge in [0.05, 0.1) is 6.61 Å². The second-order valence-corrected chi connectivity index (χ2v) is 1.70. The van der Waals surface area contributed by atoms with Crippen molar-refractivity contribution in [3.05, 3.63) is 12.2 Å². The minimum Gasteiger partial charge on any atom is -0.460 e. The van der Waals surface area contributed by atoms with Crippen molar-refractivity contribution >= 4 is 5.97 Å². The quantitative estimate of drug-likeness (QED) is 0.461. The number of hydrogen-bond acceptors (Lipinski definition) is 3. The number of rotatable bonds is 4. The first-order valence-electron chi connectivity index (χ1n) is 3.25. The Balaban J connectivity index is 3.34. The molecule has 0 bridgehead atoms. The van der Waals surface area contributed by atoms with Crippen molar-refractivity contribution in [2.24, 2.45) is 0 Å². The molecule has 0 aromatic rings. The second-order valence-electron chi connectivity index (χ2n) is 1.70. The molecular weight excluding hydrogens is 132 g/mol. The molecule has 10 heavy (non-hydrogen) atoms. The summed E-state index contributed by atoms with van der Waals surface area (Å²) in [6.07, 6.45) is 3.88. The molecule has 0 atom stereocenters. The maximum absolute atomic E-state index is 10.5. The predicted molar refractivity (Wildman–Crippen MR) is 37.5 cm³/mol. The van der Waals surface area contributed by atoms with Gasteiger partial charge in [0.15, 0.2) is 0 Å². The third-order valence-electron chi connectivity index (χ3n) is 0.825. The summed E-state index contributed by atoms with van der Waals surface area (Å²) in [5, 5.41) is 8.24. The first-order valence-corrected chi connectivity index (χ1v) is 3.25. The molecule has 0 aliphatic carbocycles. The van der Waals surface area contributed by atoms with Gasteiger partial charge >= 0.3 is 5.97 Å². The highest BCUT2D eigenvalue weighted by molar-refractivity contribution is 5.81. The van der Waals surface area contributed by atoms with Crippen molar-refractivity contribution in [2.45, 2.75) is 13.3 Å². The van der Waals surface area contributed by atoms with E-state index in [1.165, 1.54) is 6.08 Å². The Bertz CT molecular complexity index is 118. The lowest BCUT2D eigenvalue weighted by atomic mass is 10.4. The van der Waals surface area contributed by atoms with Crippen LogP contribution in [-0.2, 0) is 9.53 Å². The molecule has 58 valence electrons. The van der Waals surface area contributed by atoms with Crippen LogP contribution in [0.25, 0.3) is 0 Å². The van der Waals surface area contributed by atoms with E-state index in [2.05, 4.69) is 4.74 Å². The zero-order valence-corrected chi connectivity index (χ0v) is 6.04. The maximum Gasteiger partial charge on any atom is 0.330 e. The van der Waals surface area contributed by atoms with E-state index >= 15 is 0 Å². The molecule has 0 radical (unpaired) electrons. The van der Waals surface area contributed by atoms with Crippen LogP contribution in [0.5, 0.6) is 0 Å². The second kappa shape index (κ2) is 6.29. The number of aliphatic hydroxyl groups is 1. The molecular formula is C7H12O3. The fraction of sp³-hybridized carbons (Fsp3) is 0.571. The largest absolute Gasteiger partial charge is 0.460 e. The van der Waals surface area contributed by atoms with Gasteiger partial charge in [0.1, 0.15) is 6.61 Å². The highest BCUT2D eigenvalue weighted by Gasteiger charge is 1.92. The zero-order valence-electron chi connectivity index (χ0n) is 6.04. The molecule has 1 N–H and O–H groups in total. The summed E-state index contributed by atoms with van der Waals surface area (Å²) in [5.41, 5.74) is 0. The average molecular weight is 144 g/mol. The van der Waals surface area contributed by atoms with Gasteiger partial charge in [0.2, 0.25) is 0 Å². The van der Waals surface area contributed by atoms with E-state index in [-0.39, 0.29) is 13.2 Å².